The molecule has 16 N–H and O–H groups in total. The number of amides is 1. The summed E-state index contributed by atoms with van der Waals surface area (Å²) in [6, 6.07) is 0. The van der Waals surface area contributed by atoms with Crippen molar-refractivity contribution in [1.82, 2.24) is 14.9 Å². The van der Waals surface area contributed by atoms with Crippen LogP contribution in [0.15, 0.2) is 11.0 Å². The summed E-state index contributed by atoms with van der Waals surface area (Å²) in [5, 5.41) is 22.2. The van der Waals surface area contributed by atoms with Gasteiger partial charge in [-0.15, -0.1) is 0 Å². The average Bonchev–Trinajstić information content (AvgIpc) is 3.41. The molecule has 2 heterocycles. The molecule has 322 valence electrons. The van der Waals surface area contributed by atoms with Gasteiger partial charge in [-0.2, -0.15) is 4.98 Å². The molecular weight excluding hydrogens is 795 g/mol. The molecule has 3 atom stereocenters. The lowest BCUT2D eigenvalue weighted by Gasteiger charge is -2.15. The van der Waals surface area contributed by atoms with Crippen LogP contribution in [-0.4, -0.2) is 102 Å². The van der Waals surface area contributed by atoms with Crippen molar-refractivity contribution < 1.29 is 77.5 Å². The summed E-state index contributed by atoms with van der Waals surface area (Å²) in [5.41, 5.74) is 11.2. The van der Waals surface area contributed by atoms with E-state index in [1.165, 1.54) is 75.0 Å². The Hall–Kier alpha value is -2.12. The number of phosphoric acid groups is 3. The lowest BCUT2D eigenvalue weighted by atomic mass is 10.0. The highest BCUT2D eigenvalue weighted by atomic mass is 31.2. The van der Waals surface area contributed by atoms with E-state index >= 15 is 0 Å². The average molecular weight is 856 g/mol. The van der Waals surface area contributed by atoms with Crippen LogP contribution in [0.4, 0.5) is 5.82 Å². The van der Waals surface area contributed by atoms with E-state index in [-0.39, 0.29) is 24.8 Å². The highest BCUT2D eigenvalue weighted by molar-refractivity contribution is 7.45. The Morgan fingerprint density at radius 1 is 0.818 bits per heavy atom. The zero-order valence-corrected chi connectivity index (χ0v) is 33.4. The SMILES string of the molecule is NCCCCCCCCCCCCCCCC(=O)NCCCC#Cc1cn([C@H]2C[C@H](O)[C@@H](CO)O2)c(=O)nc1N.O=P(O)(O)O.O=P(O)(O)O.O=P(O)(O)O. The number of hydrogen-bond acceptors (Lipinski definition) is 11. The van der Waals surface area contributed by atoms with E-state index in [0.717, 1.165) is 25.8 Å². The minimum absolute atomic E-state index is 0.0315. The number of aliphatic hydroxyl groups is 2. The second-order valence-electron chi connectivity index (χ2n) is 12.3. The van der Waals surface area contributed by atoms with Gasteiger partial charge in [0.2, 0.25) is 5.91 Å². The maximum atomic E-state index is 12.2. The van der Waals surface area contributed by atoms with Crippen LogP contribution in [-0.2, 0) is 23.2 Å². The second-order valence-corrected chi connectivity index (χ2v) is 15.4. The number of ether oxygens (including phenoxy) is 1. The first kappa shape index (κ1) is 55.0. The predicted molar refractivity (Wildman–Crippen MR) is 200 cm³/mol. The van der Waals surface area contributed by atoms with E-state index in [0.29, 0.717) is 31.4 Å². The minimum atomic E-state index is -4.64. The van der Waals surface area contributed by atoms with E-state index in [2.05, 4.69) is 22.1 Å². The van der Waals surface area contributed by atoms with Crippen molar-refractivity contribution >= 4 is 35.2 Å². The Bertz CT molecular complexity index is 1390. The molecule has 22 nitrogen and oxygen atoms in total. The Labute approximate surface area is 320 Å². The van der Waals surface area contributed by atoms with E-state index in [1.54, 1.807) is 0 Å². The Morgan fingerprint density at radius 2 is 1.25 bits per heavy atom. The standard InChI is InChI=1S/C30H51N5O5.3H3O4P/c31-19-15-11-9-7-5-3-1-2-4-6-8-10-14-18-27(38)33-20-16-12-13-17-24-22-35(30(39)34-29(24)32)28-21-25(37)26(23-36)40-28;3*1-5(2,3)4/h22,25-26,28,36-37H,1-12,14-16,18-21,23,31H2,(H,33,38)(H2,32,34,39);3*(H3,1,2,3,4)/t25-,26+,28+;;;/m0.../s1. The molecule has 0 saturated carbocycles. The maximum Gasteiger partial charge on any atom is 0.466 e. The van der Waals surface area contributed by atoms with Gasteiger partial charge in [0.15, 0.2) is 0 Å². The third kappa shape index (κ3) is 39.9. The van der Waals surface area contributed by atoms with Gasteiger partial charge in [0.05, 0.1) is 18.3 Å². The summed E-state index contributed by atoms with van der Waals surface area (Å²) in [6.07, 6.45) is 17.4. The van der Waals surface area contributed by atoms with Gasteiger partial charge < -0.3 is 75.8 Å². The first-order valence-corrected chi connectivity index (χ1v) is 22.3. The number of aliphatic hydroxyl groups excluding tert-OH is 2. The molecule has 2 rings (SSSR count). The molecule has 0 aromatic carbocycles. The lowest BCUT2D eigenvalue weighted by Crippen LogP contribution is -2.28. The summed E-state index contributed by atoms with van der Waals surface area (Å²) in [5.74, 6) is 6.05. The van der Waals surface area contributed by atoms with E-state index < -0.39 is 47.6 Å². The molecule has 1 aliphatic heterocycles. The quantitative estimate of drug-likeness (QED) is 0.0478. The zero-order chi connectivity index (χ0) is 42.5. The molecule has 0 spiro atoms. The number of hydrogen-bond donors (Lipinski definition) is 14. The third-order valence-electron chi connectivity index (χ3n) is 7.31. The molecule has 1 fully saturated rings. The first-order valence-electron chi connectivity index (χ1n) is 17.6. The Balaban J connectivity index is 0. The second kappa shape index (κ2) is 30.9. The number of nitrogens with two attached hydrogens (primary N) is 2. The third-order valence-corrected chi connectivity index (χ3v) is 7.31. The summed E-state index contributed by atoms with van der Waals surface area (Å²) in [4.78, 5) is 92.8. The van der Waals surface area contributed by atoms with Crippen molar-refractivity contribution in [2.24, 2.45) is 5.73 Å². The zero-order valence-electron chi connectivity index (χ0n) is 30.7. The van der Waals surface area contributed by atoms with E-state index in [4.69, 9.17) is 73.9 Å². The summed E-state index contributed by atoms with van der Waals surface area (Å²) in [7, 11) is -13.9. The Kier molecular flexibility index (Phi) is 30.9. The number of carbonyl (C=O) groups is 1. The lowest BCUT2D eigenvalue weighted by molar-refractivity contribution is -0.121. The van der Waals surface area contributed by atoms with Gasteiger partial charge in [-0.25, -0.2) is 18.5 Å². The van der Waals surface area contributed by atoms with Crippen molar-refractivity contribution in [3.8, 4) is 11.8 Å². The van der Waals surface area contributed by atoms with Crippen LogP contribution >= 0.6 is 23.5 Å². The van der Waals surface area contributed by atoms with Gasteiger partial charge in [-0.05, 0) is 25.8 Å². The highest BCUT2D eigenvalue weighted by Crippen LogP contribution is 2.28. The molecule has 0 aliphatic carbocycles. The number of anilines is 1. The summed E-state index contributed by atoms with van der Waals surface area (Å²) in [6.45, 7) is 1.04. The van der Waals surface area contributed by atoms with Gasteiger partial charge in [-0.1, -0.05) is 82.5 Å². The number of rotatable bonds is 20. The van der Waals surface area contributed by atoms with E-state index in [1.807, 2.05) is 0 Å². The summed E-state index contributed by atoms with van der Waals surface area (Å²) >= 11 is 0. The molecule has 25 heteroatoms. The maximum absolute atomic E-state index is 12.2. The molecule has 55 heavy (non-hydrogen) atoms. The van der Waals surface area contributed by atoms with Crippen LogP contribution in [0, 0.1) is 11.8 Å². The molecule has 1 aliphatic rings. The van der Waals surface area contributed by atoms with Crippen molar-refractivity contribution in [1.29, 1.82) is 0 Å². The number of nitrogens with zero attached hydrogens (tertiary/aromatic N) is 2. The summed E-state index contributed by atoms with van der Waals surface area (Å²) < 4.78 is 33.4. The van der Waals surface area contributed by atoms with Crippen molar-refractivity contribution in [3.05, 3.63) is 22.2 Å². The van der Waals surface area contributed by atoms with Crippen LogP contribution in [0.2, 0.25) is 0 Å². The number of nitrogen functional groups attached to an aromatic ring is 1. The molecule has 1 aromatic heterocycles. The smallest absolute Gasteiger partial charge is 0.394 e. The normalized spacial score (nSPS) is 16.6. The largest absolute Gasteiger partial charge is 0.466 e. The van der Waals surface area contributed by atoms with Crippen LogP contribution in [0.3, 0.4) is 0 Å². The van der Waals surface area contributed by atoms with E-state index in [9.17, 15) is 19.8 Å². The van der Waals surface area contributed by atoms with Crippen molar-refractivity contribution in [2.45, 2.75) is 128 Å². The van der Waals surface area contributed by atoms with Crippen LogP contribution in [0.25, 0.3) is 0 Å². The van der Waals surface area contributed by atoms with Crippen LogP contribution in [0.5, 0.6) is 0 Å². The van der Waals surface area contributed by atoms with Gasteiger partial charge in [0.25, 0.3) is 0 Å². The fourth-order valence-corrected chi connectivity index (χ4v) is 4.86. The molecule has 0 radical (unpaired) electrons. The fraction of sp³-hybridized carbons (Fsp3) is 0.767. The predicted octanol–water partition coefficient (Wildman–Crippen LogP) is 0.348. The molecule has 0 unspecified atom stereocenters. The van der Waals surface area contributed by atoms with Crippen LogP contribution < -0.4 is 22.5 Å². The fourth-order valence-electron chi connectivity index (χ4n) is 4.86. The molecule has 1 saturated heterocycles. The Morgan fingerprint density at radius 3 is 1.67 bits per heavy atom. The molecule has 0 bridgehead atoms. The molecule has 1 amide bonds. The molecular formula is C30H60N5O17P3. The topological polar surface area (TPSA) is 399 Å². The van der Waals surface area contributed by atoms with Crippen molar-refractivity contribution in [2.75, 3.05) is 25.4 Å². The monoisotopic (exact) mass is 855 g/mol. The van der Waals surface area contributed by atoms with Gasteiger partial charge in [0.1, 0.15) is 18.1 Å². The number of aromatic nitrogens is 2. The number of unbranched alkanes of at least 4 members (excludes halogenated alkanes) is 13. The van der Waals surface area contributed by atoms with Gasteiger partial charge in [0, 0.05) is 32.0 Å². The van der Waals surface area contributed by atoms with Gasteiger partial charge >= 0.3 is 29.2 Å². The van der Waals surface area contributed by atoms with Crippen molar-refractivity contribution in [3.63, 3.8) is 0 Å². The minimum Gasteiger partial charge on any atom is -0.394 e. The number of nitrogens with one attached hydrogen (secondary N) is 1. The highest BCUT2D eigenvalue weighted by Gasteiger charge is 2.35. The van der Waals surface area contributed by atoms with Gasteiger partial charge in [-0.3, -0.25) is 9.36 Å². The van der Waals surface area contributed by atoms with Crippen LogP contribution in [0.1, 0.15) is 121 Å². The molecule has 1 aromatic rings. The number of carbonyl (C=O) groups excluding carboxylic acids is 1. The first-order chi connectivity index (χ1) is 25.5.